The van der Waals surface area contributed by atoms with Crippen molar-refractivity contribution >= 4 is 29.4 Å². The molecule has 1 amide bonds. The fourth-order valence-corrected chi connectivity index (χ4v) is 12.0. The molecule has 2 bridgehead atoms. The van der Waals surface area contributed by atoms with E-state index in [2.05, 4.69) is 26.6 Å². The lowest BCUT2D eigenvalue weighted by atomic mass is 9.74. The molecular formula is C55H70N8O14. The fourth-order valence-electron chi connectivity index (χ4n) is 12.0. The monoisotopic (exact) mass is 1070 g/mol. The molecule has 3 aromatic rings. The molecule has 3 saturated heterocycles. The van der Waals surface area contributed by atoms with Gasteiger partial charge in [0.2, 0.25) is 12.2 Å². The van der Waals surface area contributed by atoms with Gasteiger partial charge in [0.15, 0.2) is 23.1 Å². The second kappa shape index (κ2) is 24.0. The number of nitrogens with one attached hydrogen (secondary N) is 5. The lowest BCUT2D eigenvalue weighted by molar-refractivity contribution is -0.289. The maximum Gasteiger partial charge on any atom is 0.242 e. The Hall–Kier alpha value is -5.86. The molecule has 1 saturated carbocycles. The summed E-state index contributed by atoms with van der Waals surface area (Å²) in [5.41, 5.74) is 16.3. The fraction of sp³-hybridized carbons (Fsp3) is 0.527. The zero-order chi connectivity index (χ0) is 53.9. The number of aliphatic hydroxyl groups excluding tert-OH is 5. The molecule has 4 fully saturated rings. The van der Waals surface area contributed by atoms with Crippen LogP contribution in [0.5, 0.6) is 11.5 Å². The molecule has 3 aromatic carbocycles. The Kier molecular flexibility index (Phi) is 17.0. The first-order valence-electron chi connectivity index (χ1n) is 26.7. The van der Waals surface area contributed by atoms with Crippen LogP contribution in [0.3, 0.4) is 0 Å². The zero-order valence-electron chi connectivity index (χ0n) is 42.7. The maximum atomic E-state index is 15.2. The standard InChI is InChI=1S/C55H70N8O14/c56-51-38(22-59-31-7-1-2-8-31)29(13-16-58-51)15-19-74-50-47(71)46(70)40-26-73-24-30(6-5-17-64)41(34-9-3-4-10-39(34)63-27-60-43-52(63)61-55(57)62-53(43)72)37-21-36-42(45(69)35-20-28(23-66)11-12-33(35)44(36)68)49(48(37)77-54(50)76-40)75-25-32(67)14-18-65/h3-4,9-13,18,20-21,30-32,40-41,43,46-47,50,52,54-55,58-61,64,66-67,70-71H,1-2,5-8,14-17,19,22-27,56-57H2,(H,62,72). The first kappa shape index (κ1) is 54.5. The number of nitrogens with two attached hydrogens (primary N) is 2. The summed E-state index contributed by atoms with van der Waals surface area (Å²) in [5.74, 6) is -2.88. The number of hydrogen-bond donors (Lipinski definition) is 12. The van der Waals surface area contributed by atoms with E-state index < -0.39 is 91.9 Å². The number of para-hydroxylation sites is 1. The van der Waals surface area contributed by atoms with E-state index in [9.17, 15) is 35.1 Å². The number of ether oxygens (including phenoxy) is 5. The number of fused-ring (bicyclic) bond motifs is 6. The predicted octanol–water partition coefficient (Wildman–Crippen LogP) is -0.310. The summed E-state index contributed by atoms with van der Waals surface area (Å²) in [4.78, 5) is 57.3. The normalized spacial score (nSPS) is 28.7. The van der Waals surface area contributed by atoms with Crippen LogP contribution in [0, 0.1) is 5.92 Å². The molecule has 10 rings (SSSR count). The number of aliphatic hydroxyl groups is 5. The third-order valence-electron chi connectivity index (χ3n) is 15.9. The Balaban J connectivity index is 1.13. The van der Waals surface area contributed by atoms with Gasteiger partial charge >= 0.3 is 0 Å². The number of amides is 1. The number of carbonyl (C=O) groups is 4. The average molecular weight is 1070 g/mol. The molecule has 0 spiro atoms. The van der Waals surface area contributed by atoms with Crippen molar-refractivity contribution in [2.24, 2.45) is 17.4 Å². The summed E-state index contributed by atoms with van der Waals surface area (Å²) in [7, 11) is 0. The third kappa shape index (κ3) is 11.1. The maximum absolute atomic E-state index is 15.2. The van der Waals surface area contributed by atoms with E-state index in [1.54, 1.807) is 12.1 Å². The van der Waals surface area contributed by atoms with Crippen molar-refractivity contribution in [1.29, 1.82) is 0 Å². The minimum absolute atomic E-state index is 0.00110. The summed E-state index contributed by atoms with van der Waals surface area (Å²) >= 11 is 0. The minimum Gasteiger partial charge on any atom is -0.486 e. The van der Waals surface area contributed by atoms with Crippen LogP contribution in [0.25, 0.3) is 0 Å². The lowest BCUT2D eigenvalue weighted by Gasteiger charge is -2.42. The molecular weight excluding hydrogens is 997 g/mol. The number of aldehydes is 1. The molecule has 22 nitrogen and oxygen atoms in total. The Labute approximate surface area is 445 Å². The Morgan fingerprint density at radius 1 is 0.974 bits per heavy atom. The highest BCUT2D eigenvalue weighted by Crippen LogP contribution is 2.52. The summed E-state index contributed by atoms with van der Waals surface area (Å²) in [5, 5.41) is 71.8. The molecule has 22 heteroatoms. The van der Waals surface area contributed by atoms with Crippen molar-refractivity contribution in [1.82, 2.24) is 26.6 Å². The molecule has 7 aliphatic rings. The summed E-state index contributed by atoms with van der Waals surface area (Å²) in [6.45, 7) is -0.239. The molecule has 0 aromatic heterocycles. The SMILES string of the molecule is NC1=C(CNC2CCCC2)C(CCOC2C3Oc4c(cc5c(c4OCC(O)CC=O)C(=O)c4cc(CO)ccc4C5=O)C(c4ccccc4N4CNC5C(=O)NC(N)NC54)C(CCCO)COCC(O3)C(O)C2O)=CCN1. The van der Waals surface area contributed by atoms with Gasteiger partial charge in [-0.15, -0.1) is 0 Å². The van der Waals surface area contributed by atoms with E-state index in [1.807, 2.05) is 35.2 Å². The van der Waals surface area contributed by atoms with Gasteiger partial charge in [0, 0.05) is 71.6 Å². The summed E-state index contributed by atoms with van der Waals surface area (Å²) in [6.07, 6.45) is -2.63. The van der Waals surface area contributed by atoms with Crippen molar-refractivity contribution < 1.29 is 68.4 Å². The van der Waals surface area contributed by atoms with Crippen LogP contribution in [0.2, 0.25) is 0 Å². The number of ketones is 2. The predicted molar refractivity (Wildman–Crippen MR) is 277 cm³/mol. The number of benzene rings is 3. The minimum atomic E-state index is -1.63. The van der Waals surface area contributed by atoms with Crippen molar-refractivity contribution in [2.75, 3.05) is 57.7 Å². The van der Waals surface area contributed by atoms with E-state index >= 15 is 9.59 Å². The van der Waals surface area contributed by atoms with Crippen LogP contribution in [-0.2, 0) is 30.4 Å². The highest BCUT2D eigenvalue weighted by Gasteiger charge is 2.50. The van der Waals surface area contributed by atoms with Crippen LogP contribution in [0.15, 0.2) is 71.6 Å². The average Bonchev–Trinajstić information content (AvgIpc) is 4.13. The van der Waals surface area contributed by atoms with Crippen molar-refractivity contribution in [3.63, 3.8) is 0 Å². The van der Waals surface area contributed by atoms with Gasteiger partial charge in [-0.3, -0.25) is 30.8 Å². The second-order valence-electron chi connectivity index (χ2n) is 20.8. The molecule has 0 radical (unpaired) electrons. The highest BCUT2D eigenvalue weighted by molar-refractivity contribution is 6.29. The molecule has 11 unspecified atom stereocenters. The van der Waals surface area contributed by atoms with E-state index in [1.165, 1.54) is 12.1 Å². The molecule has 5 aliphatic heterocycles. The molecule has 77 heavy (non-hydrogen) atoms. The van der Waals surface area contributed by atoms with E-state index in [4.69, 9.17) is 35.2 Å². The van der Waals surface area contributed by atoms with Crippen LogP contribution >= 0.6 is 0 Å². The van der Waals surface area contributed by atoms with Crippen LogP contribution in [0.1, 0.15) is 106 Å². The molecule has 414 valence electrons. The van der Waals surface area contributed by atoms with Gasteiger partial charge in [-0.05, 0) is 79.0 Å². The number of carbonyl (C=O) groups excluding carboxylic acids is 4. The largest absolute Gasteiger partial charge is 0.486 e. The second-order valence-corrected chi connectivity index (χ2v) is 20.8. The van der Waals surface area contributed by atoms with Crippen molar-refractivity contribution in [3.05, 3.63) is 111 Å². The molecule has 2 aliphatic carbocycles. The highest BCUT2D eigenvalue weighted by atomic mass is 16.7. The summed E-state index contributed by atoms with van der Waals surface area (Å²) in [6, 6.07) is 13.2. The number of dihydropyridines is 1. The molecule has 14 N–H and O–H groups in total. The Morgan fingerprint density at radius 3 is 2.58 bits per heavy atom. The van der Waals surface area contributed by atoms with Crippen molar-refractivity contribution in [2.45, 2.75) is 125 Å². The number of nitrogens with zero attached hydrogens (tertiary/aromatic N) is 1. The lowest BCUT2D eigenvalue weighted by Crippen LogP contribution is -2.70. The van der Waals surface area contributed by atoms with Gasteiger partial charge < -0.3 is 80.6 Å². The first-order valence-corrected chi connectivity index (χ1v) is 26.7. The first-order chi connectivity index (χ1) is 37.4. The van der Waals surface area contributed by atoms with Crippen LogP contribution in [0.4, 0.5) is 5.69 Å². The van der Waals surface area contributed by atoms with Gasteiger partial charge in [-0.2, -0.15) is 0 Å². The molecule has 11 atom stereocenters. The zero-order valence-corrected chi connectivity index (χ0v) is 42.7. The number of rotatable bonds is 18. The Morgan fingerprint density at radius 2 is 1.79 bits per heavy atom. The Bertz CT molecular complexity index is 2750. The van der Waals surface area contributed by atoms with Crippen LogP contribution in [-0.4, -0.2) is 163 Å². The van der Waals surface area contributed by atoms with E-state index in [0.717, 1.165) is 36.8 Å². The number of anilines is 1. The summed E-state index contributed by atoms with van der Waals surface area (Å²) < 4.78 is 33.3. The van der Waals surface area contributed by atoms with E-state index in [0.29, 0.717) is 60.9 Å². The smallest absolute Gasteiger partial charge is 0.242 e. The quantitative estimate of drug-likeness (QED) is 0.0569. The van der Waals surface area contributed by atoms with Gasteiger partial charge in [-0.25, -0.2) is 0 Å². The molecule has 5 heterocycles. The van der Waals surface area contributed by atoms with E-state index in [-0.39, 0.29) is 91.2 Å². The van der Waals surface area contributed by atoms with Gasteiger partial charge in [-0.1, -0.05) is 43.2 Å². The number of hydrogen-bond acceptors (Lipinski definition) is 21. The van der Waals surface area contributed by atoms with Crippen molar-refractivity contribution in [3.8, 4) is 11.5 Å². The van der Waals surface area contributed by atoms with Gasteiger partial charge in [0.05, 0.1) is 44.8 Å². The van der Waals surface area contributed by atoms with Crippen LogP contribution < -0.4 is 52.4 Å². The third-order valence-corrected chi connectivity index (χ3v) is 15.9. The topological polar surface area (TPSA) is 331 Å². The van der Waals surface area contributed by atoms with Gasteiger partial charge in [0.1, 0.15) is 61.6 Å². The van der Waals surface area contributed by atoms with Gasteiger partial charge in [0.25, 0.3) is 0 Å².